The smallest absolute Gasteiger partial charge is 0.213 e. The number of guanidine groups is 1. The summed E-state index contributed by atoms with van der Waals surface area (Å²) in [5, 5.41) is 16.1. The predicted molar refractivity (Wildman–Crippen MR) is 118 cm³/mol. The van der Waals surface area contributed by atoms with E-state index in [2.05, 4.69) is 41.4 Å². The first-order chi connectivity index (χ1) is 12.1. The van der Waals surface area contributed by atoms with Crippen LogP contribution in [0.25, 0.3) is 0 Å². The summed E-state index contributed by atoms with van der Waals surface area (Å²) >= 11 is 0. The molecule has 0 spiro atoms. The standard InChI is InChI=1S/C19H34N4O2.HI/c1-5-19(6-2,10-12-24)15-23-18(20-7-3)22-14-16-9-11-21-17(13-16)25-8-4;/h9,11,13,24H,5-8,10,12,14-15H2,1-4H3,(H2,20,22,23);1H. The summed E-state index contributed by atoms with van der Waals surface area (Å²) < 4.78 is 5.43. The van der Waals surface area contributed by atoms with Gasteiger partial charge in [-0.25, -0.2) is 9.98 Å². The summed E-state index contributed by atoms with van der Waals surface area (Å²) in [6.07, 6.45) is 4.60. The van der Waals surface area contributed by atoms with E-state index in [0.29, 0.717) is 19.0 Å². The second-order valence-corrected chi connectivity index (χ2v) is 6.16. The van der Waals surface area contributed by atoms with Gasteiger partial charge in [0, 0.05) is 32.0 Å². The van der Waals surface area contributed by atoms with E-state index < -0.39 is 0 Å². The molecule has 7 heteroatoms. The van der Waals surface area contributed by atoms with Crippen molar-refractivity contribution in [3.8, 4) is 5.88 Å². The summed E-state index contributed by atoms with van der Waals surface area (Å²) in [5.74, 6) is 1.42. The Morgan fingerprint density at radius 1 is 1.23 bits per heavy atom. The molecule has 150 valence electrons. The van der Waals surface area contributed by atoms with Gasteiger partial charge in [0.05, 0.1) is 13.2 Å². The van der Waals surface area contributed by atoms with Crippen molar-refractivity contribution < 1.29 is 9.84 Å². The summed E-state index contributed by atoms with van der Waals surface area (Å²) in [5.41, 5.74) is 1.16. The van der Waals surface area contributed by atoms with Crippen molar-refractivity contribution in [3.05, 3.63) is 23.9 Å². The van der Waals surface area contributed by atoms with E-state index in [1.807, 2.05) is 19.1 Å². The molecule has 0 radical (unpaired) electrons. The van der Waals surface area contributed by atoms with E-state index in [-0.39, 0.29) is 36.0 Å². The number of nitrogens with zero attached hydrogens (tertiary/aromatic N) is 2. The Morgan fingerprint density at radius 3 is 2.54 bits per heavy atom. The minimum atomic E-state index is 0. The van der Waals surface area contributed by atoms with Crippen LogP contribution < -0.4 is 15.4 Å². The van der Waals surface area contributed by atoms with Gasteiger partial charge in [-0.05, 0) is 50.2 Å². The molecule has 1 heterocycles. The van der Waals surface area contributed by atoms with Gasteiger partial charge in [0.15, 0.2) is 5.96 Å². The second kappa shape index (κ2) is 14.0. The van der Waals surface area contributed by atoms with Gasteiger partial charge in [-0.2, -0.15) is 0 Å². The van der Waals surface area contributed by atoms with Crippen molar-refractivity contribution in [1.29, 1.82) is 0 Å². The Labute approximate surface area is 175 Å². The van der Waals surface area contributed by atoms with Crippen LogP contribution in [0.1, 0.15) is 52.5 Å². The normalized spacial score (nSPS) is 11.7. The van der Waals surface area contributed by atoms with Crippen LogP contribution in [0.15, 0.2) is 23.3 Å². The third kappa shape index (κ3) is 8.53. The summed E-state index contributed by atoms with van der Waals surface area (Å²) in [6, 6.07) is 3.87. The molecular weight excluding hydrogens is 443 g/mol. The van der Waals surface area contributed by atoms with E-state index in [1.54, 1.807) is 6.20 Å². The molecule has 0 saturated heterocycles. The van der Waals surface area contributed by atoms with Gasteiger partial charge >= 0.3 is 0 Å². The zero-order valence-corrected chi connectivity index (χ0v) is 18.9. The highest BCUT2D eigenvalue weighted by Crippen LogP contribution is 2.29. The SMILES string of the molecule is CCNC(=NCc1ccnc(OCC)c1)NCC(CC)(CC)CCO.I. The molecule has 0 unspecified atom stereocenters. The van der Waals surface area contributed by atoms with Crippen molar-refractivity contribution in [2.45, 2.75) is 53.5 Å². The molecule has 0 aliphatic heterocycles. The summed E-state index contributed by atoms with van der Waals surface area (Å²) in [4.78, 5) is 8.84. The molecule has 1 aromatic heterocycles. The molecule has 26 heavy (non-hydrogen) atoms. The van der Waals surface area contributed by atoms with E-state index in [9.17, 15) is 5.11 Å². The summed E-state index contributed by atoms with van der Waals surface area (Å²) in [6.45, 7) is 11.3. The van der Waals surface area contributed by atoms with Crippen LogP contribution in [0.2, 0.25) is 0 Å². The number of aliphatic hydroxyl groups excluding tert-OH is 1. The Kier molecular flexibility index (Phi) is 13.4. The van der Waals surface area contributed by atoms with Gasteiger partial charge in [-0.3, -0.25) is 0 Å². The van der Waals surface area contributed by atoms with Gasteiger partial charge in [0.2, 0.25) is 5.88 Å². The molecular formula is C19H35IN4O2. The van der Waals surface area contributed by atoms with Crippen LogP contribution in [0.3, 0.4) is 0 Å². The lowest BCUT2D eigenvalue weighted by atomic mass is 9.79. The van der Waals surface area contributed by atoms with Gasteiger partial charge in [-0.1, -0.05) is 13.8 Å². The number of aliphatic imine (C=N–C) groups is 1. The molecule has 0 aliphatic rings. The maximum Gasteiger partial charge on any atom is 0.213 e. The number of aliphatic hydroxyl groups is 1. The van der Waals surface area contributed by atoms with Crippen molar-refractivity contribution in [1.82, 2.24) is 15.6 Å². The summed E-state index contributed by atoms with van der Waals surface area (Å²) in [7, 11) is 0. The number of pyridine rings is 1. The van der Waals surface area contributed by atoms with E-state index in [4.69, 9.17) is 4.74 Å². The molecule has 0 amide bonds. The second-order valence-electron chi connectivity index (χ2n) is 6.16. The quantitative estimate of drug-likeness (QED) is 0.258. The maximum atomic E-state index is 9.36. The molecule has 0 aliphatic carbocycles. The molecule has 0 atom stereocenters. The topological polar surface area (TPSA) is 78.8 Å². The molecule has 6 nitrogen and oxygen atoms in total. The van der Waals surface area contributed by atoms with E-state index in [1.165, 1.54) is 0 Å². The van der Waals surface area contributed by atoms with Crippen molar-refractivity contribution in [2.75, 3.05) is 26.3 Å². The van der Waals surface area contributed by atoms with Crippen molar-refractivity contribution in [2.24, 2.45) is 10.4 Å². The third-order valence-electron chi connectivity index (χ3n) is 4.63. The van der Waals surface area contributed by atoms with Crippen LogP contribution in [0, 0.1) is 5.41 Å². The fourth-order valence-electron chi connectivity index (χ4n) is 2.74. The van der Waals surface area contributed by atoms with Crippen LogP contribution in [0.4, 0.5) is 0 Å². The Hall–Kier alpha value is -1.09. The zero-order chi connectivity index (χ0) is 18.5. The van der Waals surface area contributed by atoms with Crippen molar-refractivity contribution >= 4 is 29.9 Å². The fourth-order valence-corrected chi connectivity index (χ4v) is 2.74. The first kappa shape index (κ1) is 24.9. The fraction of sp³-hybridized carbons (Fsp3) is 0.684. The number of aromatic nitrogens is 1. The lowest BCUT2D eigenvalue weighted by Gasteiger charge is -2.32. The van der Waals surface area contributed by atoms with Gasteiger partial charge in [0.25, 0.3) is 0 Å². The van der Waals surface area contributed by atoms with Crippen molar-refractivity contribution in [3.63, 3.8) is 0 Å². The van der Waals surface area contributed by atoms with Crippen LogP contribution in [-0.2, 0) is 6.54 Å². The Morgan fingerprint density at radius 2 is 1.96 bits per heavy atom. The molecule has 3 N–H and O–H groups in total. The number of hydrogen-bond donors (Lipinski definition) is 3. The van der Waals surface area contributed by atoms with E-state index >= 15 is 0 Å². The molecule has 0 saturated carbocycles. The van der Waals surface area contributed by atoms with Crippen LogP contribution in [-0.4, -0.2) is 42.4 Å². The highest BCUT2D eigenvalue weighted by atomic mass is 127. The Bertz CT molecular complexity index is 522. The lowest BCUT2D eigenvalue weighted by Crippen LogP contribution is -2.43. The highest BCUT2D eigenvalue weighted by molar-refractivity contribution is 14.0. The molecule has 0 bridgehead atoms. The van der Waals surface area contributed by atoms with E-state index in [0.717, 1.165) is 43.9 Å². The maximum absolute atomic E-state index is 9.36. The van der Waals surface area contributed by atoms with Crippen LogP contribution >= 0.6 is 24.0 Å². The monoisotopic (exact) mass is 478 g/mol. The number of nitrogens with one attached hydrogen (secondary N) is 2. The predicted octanol–water partition coefficient (Wildman–Crippen LogP) is 3.34. The molecule has 1 rings (SSSR count). The zero-order valence-electron chi connectivity index (χ0n) is 16.5. The third-order valence-corrected chi connectivity index (χ3v) is 4.63. The van der Waals surface area contributed by atoms with Gasteiger partial charge in [0.1, 0.15) is 0 Å². The lowest BCUT2D eigenvalue weighted by molar-refractivity contribution is 0.169. The first-order valence-electron chi connectivity index (χ1n) is 9.33. The minimum Gasteiger partial charge on any atom is -0.478 e. The molecule has 0 fully saturated rings. The van der Waals surface area contributed by atoms with Gasteiger partial charge in [-0.15, -0.1) is 24.0 Å². The number of hydrogen-bond acceptors (Lipinski definition) is 4. The molecule has 0 aromatic carbocycles. The largest absolute Gasteiger partial charge is 0.478 e. The average molecular weight is 478 g/mol. The number of halogens is 1. The first-order valence-corrected chi connectivity index (χ1v) is 9.33. The average Bonchev–Trinajstić information content (AvgIpc) is 2.63. The highest BCUT2D eigenvalue weighted by Gasteiger charge is 2.25. The minimum absolute atomic E-state index is 0. The van der Waals surface area contributed by atoms with Crippen LogP contribution in [0.5, 0.6) is 5.88 Å². The van der Waals surface area contributed by atoms with Gasteiger partial charge < -0.3 is 20.5 Å². The number of ether oxygens (including phenoxy) is 1. The number of rotatable bonds is 11. The molecule has 1 aromatic rings. The Balaban J connectivity index is 0.00000625.